The molecule has 1 aromatic heterocycles. The third-order valence-electron chi connectivity index (χ3n) is 5.95. The number of hydrogen-bond acceptors (Lipinski definition) is 4. The Labute approximate surface area is 166 Å². The summed E-state index contributed by atoms with van der Waals surface area (Å²) in [6.45, 7) is 3.63. The maximum atomic E-state index is 13.0. The van der Waals surface area contributed by atoms with E-state index in [2.05, 4.69) is 21.9 Å². The Hall–Kier alpha value is -2.56. The van der Waals surface area contributed by atoms with Crippen LogP contribution in [0.15, 0.2) is 40.8 Å². The van der Waals surface area contributed by atoms with Crippen LogP contribution in [0.1, 0.15) is 49.1 Å². The van der Waals surface area contributed by atoms with Crippen molar-refractivity contribution in [1.29, 1.82) is 0 Å². The molecule has 2 aromatic rings. The predicted molar refractivity (Wildman–Crippen MR) is 110 cm³/mol. The molecule has 1 atom stereocenters. The van der Waals surface area contributed by atoms with Gasteiger partial charge in [0.25, 0.3) is 0 Å². The zero-order chi connectivity index (χ0) is 19.3. The molecule has 5 nitrogen and oxygen atoms in total. The summed E-state index contributed by atoms with van der Waals surface area (Å²) in [4.78, 5) is 28.2. The summed E-state index contributed by atoms with van der Waals surface area (Å²) in [5.41, 5.74) is 2.09. The van der Waals surface area contributed by atoms with Crippen LogP contribution in [-0.4, -0.2) is 43.3 Å². The van der Waals surface area contributed by atoms with Crippen LogP contribution < -0.4 is 4.90 Å². The lowest BCUT2D eigenvalue weighted by molar-refractivity contribution is -0.135. The van der Waals surface area contributed by atoms with Gasteiger partial charge >= 0.3 is 0 Å². The molecule has 1 unspecified atom stereocenters. The maximum absolute atomic E-state index is 13.0. The highest BCUT2D eigenvalue weighted by Crippen LogP contribution is 2.28. The first-order valence-corrected chi connectivity index (χ1v) is 10.4. The summed E-state index contributed by atoms with van der Waals surface area (Å²) < 4.78 is 5.50. The van der Waals surface area contributed by atoms with Gasteiger partial charge in [-0.25, -0.2) is 0 Å². The van der Waals surface area contributed by atoms with Crippen molar-refractivity contribution in [3.63, 3.8) is 0 Å². The third-order valence-corrected chi connectivity index (χ3v) is 5.95. The van der Waals surface area contributed by atoms with Crippen molar-refractivity contribution in [1.82, 2.24) is 4.90 Å². The number of piperidine rings is 1. The highest BCUT2D eigenvalue weighted by atomic mass is 16.3. The van der Waals surface area contributed by atoms with Crippen molar-refractivity contribution >= 4 is 17.9 Å². The Balaban J connectivity index is 1.42. The SMILES string of the molecule is O=Cc1ccc(-c2ccc(N3CCCC(C(=O)N4CCCCCC4)C3)cc2)o1. The van der Waals surface area contributed by atoms with Crippen molar-refractivity contribution in [2.75, 3.05) is 31.1 Å². The molecule has 2 saturated heterocycles. The molecule has 148 valence electrons. The minimum atomic E-state index is 0.103. The van der Waals surface area contributed by atoms with Crippen LogP contribution in [0, 0.1) is 5.92 Å². The summed E-state index contributed by atoms with van der Waals surface area (Å²) in [7, 11) is 0. The summed E-state index contributed by atoms with van der Waals surface area (Å²) >= 11 is 0. The minimum absolute atomic E-state index is 0.103. The van der Waals surface area contributed by atoms with E-state index in [0.29, 0.717) is 23.7 Å². The Bertz CT molecular complexity index is 804. The van der Waals surface area contributed by atoms with E-state index in [1.54, 1.807) is 6.07 Å². The normalized spacial score (nSPS) is 20.6. The summed E-state index contributed by atoms with van der Waals surface area (Å²) in [6.07, 6.45) is 7.53. The number of carbonyl (C=O) groups is 2. The molecule has 5 heteroatoms. The van der Waals surface area contributed by atoms with E-state index >= 15 is 0 Å². The monoisotopic (exact) mass is 380 g/mol. The first kappa shape index (κ1) is 18.8. The predicted octanol–water partition coefficient (Wildman–Crippen LogP) is 4.38. The van der Waals surface area contributed by atoms with Crippen LogP contribution in [0.2, 0.25) is 0 Å². The average Bonchev–Trinajstić information content (AvgIpc) is 3.07. The fourth-order valence-electron chi connectivity index (χ4n) is 4.37. The smallest absolute Gasteiger partial charge is 0.227 e. The second-order valence-electron chi connectivity index (χ2n) is 7.89. The molecular formula is C23H28N2O3. The van der Waals surface area contributed by atoms with E-state index in [1.165, 1.54) is 12.8 Å². The molecule has 0 saturated carbocycles. The number of rotatable bonds is 4. The van der Waals surface area contributed by atoms with Crippen LogP contribution in [0.25, 0.3) is 11.3 Å². The number of aldehydes is 1. The standard InChI is InChI=1S/C23H28N2O3/c26-17-21-11-12-22(28-21)18-7-9-20(10-8-18)25-15-5-6-19(16-25)23(27)24-13-3-1-2-4-14-24/h7-12,17,19H,1-6,13-16H2. The molecule has 0 N–H and O–H groups in total. The fraction of sp³-hybridized carbons (Fsp3) is 0.478. The van der Waals surface area contributed by atoms with Gasteiger partial charge in [-0.3, -0.25) is 9.59 Å². The molecule has 0 aliphatic carbocycles. The summed E-state index contributed by atoms with van der Waals surface area (Å²) in [6, 6.07) is 11.7. The molecule has 28 heavy (non-hydrogen) atoms. The lowest BCUT2D eigenvalue weighted by Gasteiger charge is -2.36. The molecule has 0 radical (unpaired) electrons. The Morgan fingerprint density at radius 1 is 0.929 bits per heavy atom. The van der Waals surface area contributed by atoms with Gasteiger partial charge in [-0.05, 0) is 62.1 Å². The lowest BCUT2D eigenvalue weighted by atomic mass is 9.95. The molecule has 0 spiro atoms. The number of amides is 1. The average molecular weight is 380 g/mol. The number of likely N-dealkylation sites (tertiary alicyclic amines) is 1. The second kappa shape index (κ2) is 8.63. The van der Waals surface area contributed by atoms with Crippen molar-refractivity contribution in [2.24, 2.45) is 5.92 Å². The van der Waals surface area contributed by atoms with Gasteiger partial charge in [-0.15, -0.1) is 0 Å². The molecular weight excluding hydrogens is 352 g/mol. The zero-order valence-corrected chi connectivity index (χ0v) is 16.3. The number of nitrogens with zero attached hydrogens (tertiary/aromatic N) is 2. The Kier molecular flexibility index (Phi) is 5.79. The van der Waals surface area contributed by atoms with E-state index in [1.807, 2.05) is 18.2 Å². The quantitative estimate of drug-likeness (QED) is 0.739. The highest BCUT2D eigenvalue weighted by Gasteiger charge is 2.29. The number of hydrogen-bond donors (Lipinski definition) is 0. The molecule has 1 aromatic carbocycles. The van der Waals surface area contributed by atoms with Gasteiger partial charge in [0.15, 0.2) is 12.0 Å². The van der Waals surface area contributed by atoms with Gasteiger partial charge in [0.2, 0.25) is 5.91 Å². The van der Waals surface area contributed by atoms with E-state index in [9.17, 15) is 9.59 Å². The Morgan fingerprint density at radius 2 is 1.68 bits per heavy atom. The maximum Gasteiger partial charge on any atom is 0.227 e. The molecule has 2 fully saturated rings. The van der Waals surface area contributed by atoms with Crippen LogP contribution in [0.5, 0.6) is 0 Å². The molecule has 3 heterocycles. The minimum Gasteiger partial charge on any atom is -0.453 e. The summed E-state index contributed by atoms with van der Waals surface area (Å²) in [5, 5.41) is 0. The van der Waals surface area contributed by atoms with Crippen LogP contribution in [0.3, 0.4) is 0 Å². The molecule has 2 aliphatic heterocycles. The molecule has 0 bridgehead atoms. The molecule has 4 rings (SSSR count). The van der Waals surface area contributed by atoms with Gasteiger partial charge < -0.3 is 14.2 Å². The van der Waals surface area contributed by atoms with Gasteiger partial charge in [0, 0.05) is 37.4 Å². The largest absolute Gasteiger partial charge is 0.453 e. The van der Waals surface area contributed by atoms with Crippen molar-refractivity contribution in [3.05, 3.63) is 42.2 Å². The Morgan fingerprint density at radius 3 is 2.36 bits per heavy atom. The van der Waals surface area contributed by atoms with Crippen LogP contribution >= 0.6 is 0 Å². The number of benzene rings is 1. The van der Waals surface area contributed by atoms with E-state index in [0.717, 1.165) is 63.1 Å². The zero-order valence-electron chi connectivity index (χ0n) is 16.3. The van der Waals surface area contributed by atoms with E-state index in [-0.39, 0.29) is 5.92 Å². The molecule has 2 aliphatic rings. The fourth-order valence-corrected chi connectivity index (χ4v) is 4.37. The first-order valence-electron chi connectivity index (χ1n) is 10.4. The van der Waals surface area contributed by atoms with Crippen molar-refractivity contribution in [3.8, 4) is 11.3 Å². The van der Waals surface area contributed by atoms with Gasteiger partial charge in [0.1, 0.15) is 5.76 Å². The first-order chi connectivity index (χ1) is 13.7. The van der Waals surface area contributed by atoms with Gasteiger partial charge in [0.05, 0.1) is 5.92 Å². The van der Waals surface area contributed by atoms with Crippen molar-refractivity contribution < 1.29 is 14.0 Å². The topological polar surface area (TPSA) is 53.8 Å². The second-order valence-corrected chi connectivity index (χ2v) is 7.89. The van der Waals surface area contributed by atoms with Gasteiger partial charge in [-0.2, -0.15) is 0 Å². The van der Waals surface area contributed by atoms with Crippen molar-refractivity contribution in [2.45, 2.75) is 38.5 Å². The number of anilines is 1. The van der Waals surface area contributed by atoms with E-state index < -0.39 is 0 Å². The summed E-state index contributed by atoms with van der Waals surface area (Å²) in [5.74, 6) is 1.48. The number of carbonyl (C=O) groups excluding carboxylic acids is 2. The highest BCUT2D eigenvalue weighted by molar-refractivity contribution is 5.80. The van der Waals surface area contributed by atoms with Crippen LogP contribution in [0.4, 0.5) is 5.69 Å². The molecule has 1 amide bonds. The van der Waals surface area contributed by atoms with Crippen LogP contribution in [-0.2, 0) is 4.79 Å². The van der Waals surface area contributed by atoms with Gasteiger partial charge in [-0.1, -0.05) is 12.8 Å². The third kappa shape index (κ3) is 4.13. The number of furan rings is 1. The lowest BCUT2D eigenvalue weighted by Crippen LogP contribution is -2.45. The van der Waals surface area contributed by atoms with E-state index in [4.69, 9.17) is 4.42 Å².